The fraction of sp³-hybridized carbons (Fsp3) is 0.278. The second kappa shape index (κ2) is 7.80. The van der Waals surface area contributed by atoms with Crippen molar-refractivity contribution in [2.75, 3.05) is 6.79 Å². The minimum Gasteiger partial charge on any atom is -0.485 e. The zero-order chi connectivity index (χ0) is 18.7. The topological polar surface area (TPSA) is 82.8 Å². The Morgan fingerprint density at radius 2 is 2.12 bits per heavy atom. The quantitative estimate of drug-likeness (QED) is 0.771. The number of carbonyl (C=O) groups excluding carboxylic acids is 1. The summed E-state index contributed by atoms with van der Waals surface area (Å²) >= 11 is 6.01. The lowest BCUT2D eigenvalue weighted by atomic mass is 10.1. The summed E-state index contributed by atoms with van der Waals surface area (Å²) in [5.41, 5.74) is 6.30. The van der Waals surface area contributed by atoms with E-state index < -0.39 is 17.8 Å². The van der Waals surface area contributed by atoms with Gasteiger partial charge in [0, 0.05) is 17.7 Å². The number of rotatable bonds is 7. The molecule has 26 heavy (non-hydrogen) atoms. The van der Waals surface area contributed by atoms with Crippen LogP contribution in [0.1, 0.15) is 18.1 Å². The number of halogens is 2. The number of ether oxygens (including phenoxy) is 3. The first-order chi connectivity index (χ1) is 12.5. The molecule has 3 N–H and O–H groups in total. The maximum absolute atomic E-state index is 13.9. The van der Waals surface area contributed by atoms with Crippen LogP contribution >= 0.6 is 11.6 Å². The summed E-state index contributed by atoms with van der Waals surface area (Å²) in [5.74, 6) is 0.492. The number of hydrogen-bond donors (Lipinski definition) is 2. The van der Waals surface area contributed by atoms with Gasteiger partial charge in [0.1, 0.15) is 12.4 Å². The maximum atomic E-state index is 13.9. The van der Waals surface area contributed by atoms with Gasteiger partial charge in [-0.15, -0.1) is 0 Å². The standard InChI is InChI=1S/C18H18ClFN2O4/c1-10(18(21)23)22-7-11-5-6-15(17-16(11)25-9-26-17)24-8-12-13(19)3-2-4-14(12)20/h2-6,10,22H,7-9H2,1H3,(H2,21,23). The van der Waals surface area contributed by atoms with Crippen LogP contribution in [0.5, 0.6) is 17.2 Å². The van der Waals surface area contributed by atoms with Crippen LogP contribution < -0.4 is 25.3 Å². The summed E-state index contributed by atoms with van der Waals surface area (Å²) in [7, 11) is 0. The van der Waals surface area contributed by atoms with E-state index in [1.165, 1.54) is 12.1 Å². The minimum atomic E-state index is -0.480. The predicted octanol–water partition coefficient (Wildman–Crippen LogP) is 2.75. The van der Waals surface area contributed by atoms with Crippen LogP contribution in [0.2, 0.25) is 5.02 Å². The Morgan fingerprint density at radius 1 is 1.35 bits per heavy atom. The third kappa shape index (κ3) is 3.84. The fourth-order valence-corrected chi connectivity index (χ4v) is 2.68. The molecule has 1 unspecified atom stereocenters. The Kier molecular flexibility index (Phi) is 5.49. The highest BCUT2D eigenvalue weighted by Gasteiger charge is 2.24. The zero-order valence-corrected chi connectivity index (χ0v) is 14.8. The summed E-state index contributed by atoms with van der Waals surface area (Å²) in [6.07, 6.45) is 0. The fourth-order valence-electron chi connectivity index (χ4n) is 2.46. The number of benzene rings is 2. The van der Waals surface area contributed by atoms with Crippen molar-refractivity contribution >= 4 is 17.5 Å². The molecule has 0 aliphatic carbocycles. The van der Waals surface area contributed by atoms with E-state index in [1.807, 2.05) is 0 Å². The molecule has 0 saturated carbocycles. The Morgan fingerprint density at radius 3 is 2.85 bits per heavy atom. The first-order valence-electron chi connectivity index (χ1n) is 7.97. The van der Waals surface area contributed by atoms with Gasteiger partial charge in [0.2, 0.25) is 18.4 Å². The van der Waals surface area contributed by atoms with E-state index >= 15 is 0 Å². The summed E-state index contributed by atoms with van der Waals surface area (Å²) in [6.45, 7) is 2.05. The third-order valence-corrected chi connectivity index (χ3v) is 4.38. The van der Waals surface area contributed by atoms with E-state index in [1.54, 1.807) is 25.1 Å². The van der Waals surface area contributed by atoms with Crippen LogP contribution in [0.15, 0.2) is 30.3 Å². The number of carbonyl (C=O) groups is 1. The van der Waals surface area contributed by atoms with Crippen LogP contribution in [-0.4, -0.2) is 18.7 Å². The molecule has 0 bridgehead atoms. The van der Waals surface area contributed by atoms with E-state index in [-0.39, 0.29) is 19.0 Å². The van der Waals surface area contributed by atoms with Crippen molar-refractivity contribution in [3.8, 4) is 17.2 Å². The van der Waals surface area contributed by atoms with Crippen LogP contribution in [0, 0.1) is 5.82 Å². The Balaban J connectivity index is 1.76. The summed E-state index contributed by atoms with van der Waals surface area (Å²) in [4.78, 5) is 11.1. The van der Waals surface area contributed by atoms with Crippen molar-refractivity contribution < 1.29 is 23.4 Å². The minimum absolute atomic E-state index is 0.0440. The first-order valence-corrected chi connectivity index (χ1v) is 8.35. The molecule has 1 aliphatic heterocycles. The lowest BCUT2D eigenvalue weighted by Crippen LogP contribution is -2.38. The van der Waals surface area contributed by atoms with Crippen molar-refractivity contribution in [2.24, 2.45) is 5.73 Å². The molecule has 8 heteroatoms. The van der Waals surface area contributed by atoms with Gasteiger partial charge < -0.3 is 25.3 Å². The normalized spacial score (nSPS) is 13.5. The zero-order valence-electron chi connectivity index (χ0n) is 14.1. The third-order valence-electron chi connectivity index (χ3n) is 4.02. The highest BCUT2D eigenvalue weighted by atomic mass is 35.5. The van der Waals surface area contributed by atoms with Crippen LogP contribution in [0.25, 0.3) is 0 Å². The number of nitrogens with one attached hydrogen (secondary N) is 1. The molecule has 0 radical (unpaired) electrons. The SMILES string of the molecule is CC(NCc1ccc(OCc2c(F)cccc2Cl)c2c1OCO2)C(N)=O. The van der Waals surface area contributed by atoms with Gasteiger partial charge in [0.15, 0.2) is 11.5 Å². The predicted molar refractivity (Wildman–Crippen MR) is 93.8 cm³/mol. The summed E-state index contributed by atoms with van der Waals surface area (Å²) in [5, 5.41) is 3.29. The van der Waals surface area contributed by atoms with Crippen molar-refractivity contribution in [3.05, 3.63) is 52.3 Å². The van der Waals surface area contributed by atoms with Gasteiger partial charge in [0.25, 0.3) is 0 Å². The van der Waals surface area contributed by atoms with Gasteiger partial charge in [0.05, 0.1) is 11.1 Å². The molecular formula is C18H18ClFN2O4. The molecular weight excluding hydrogens is 363 g/mol. The molecule has 3 rings (SSSR count). The molecule has 1 aliphatic rings. The van der Waals surface area contributed by atoms with E-state index in [0.717, 1.165) is 5.56 Å². The van der Waals surface area contributed by atoms with Crippen molar-refractivity contribution in [2.45, 2.75) is 26.1 Å². The molecule has 1 heterocycles. The van der Waals surface area contributed by atoms with Gasteiger partial charge in [-0.3, -0.25) is 4.79 Å². The molecule has 1 amide bonds. The van der Waals surface area contributed by atoms with E-state index in [9.17, 15) is 9.18 Å². The highest BCUT2D eigenvalue weighted by Crippen LogP contribution is 2.44. The molecule has 0 fully saturated rings. The van der Waals surface area contributed by atoms with Gasteiger partial charge in [-0.05, 0) is 25.1 Å². The van der Waals surface area contributed by atoms with Crippen molar-refractivity contribution in [1.29, 1.82) is 0 Å². The van der Waals surface area contributed by atoms with Crippen LogP contribution in [-0.2, 0) is 17.9 Å². The number of amides is 1. The molecule has 1 atom stereocenters. The maximum Gasteiger partial charge on any atom is 0.234 e. The van der Waals surface area contributed by atoms with E-state index in [0.29, 0.717) is 28.8 Å². The van der Waals surface area contributed by atoms with Crippen LogP contribution in [0.3, 0.4) is 0 Å². The van der Waals surface area contributed by atoms with Gasteiger partial charge >= 0.3 is 0 Å². The van der Waals surface area contributed by atoms with Crippen molar-refractivity contribution in [1.82, 2.24) is 5.32 Å². The average Bonchev–Trinajstić information content (AvgIpc) is 3.10. The molecule has 6 nitrogen and oxygen atoms in total. The Labute approximate surface area is 155 Å². The second-order valence-electron chi connectivity index (χ2n) is 5.78. The molecule has 138 valence electrons. The number of primary amides is 1. The van der Waals surface area contributed by atoms with E-state index in [2.05, 4.69) is 5.32 Å². The molecule has 0 spiro atoms. The van der Waals surface area contributed by atoms with Gasteiger partial charge in [-0.1, -0.05) is 23.7 Å². The van der Waals surface area contributed by atoms with E-state index in [4.69, 9.17) is 31.5 Å². The second-order valence-corrected chi connectivity index (χ2v) is 6.19. The Bertz CT molecular complexity index is 811. The smallest absolute Gasteiger partial charge is 0.234 e. The highest BCUT2D eigenvalue weighted by molar-refractivity contribution is 6.31. The first kappa shape index (κ1) is 18.3. The van der Waals surface area contributed by atoms with Crippen LogP contribution in [0.4, 0.5) is 4.39 Å². The van der Waals surface area contributed by atoms with Gasteiger partial charge in [-0.2, -0.15) is 0 Å². The van der Waals surface area contributed by atoms with Gasteiger partial charge in [-0.25, -0.2) is 4.39 Å². The lowest BCUT2D eigenvalue weighted by molar-refractivity contribution is -0.119. The average molecular weight is 381 g/mol. The molecule has 2 aromatic carbocycles. The summed E-state index contributed by atoms with van der Waals surface area (Å²) < 4.78 is 30.5. The number of nitrogens with two attached hydrogens (primary N) is 1. The molecule has 0 saturated heterocycles. The largest absolute Gasteiger partial charge is 0.485 e. The lowest BCUT2D eigenvalue weighted by Gasteiger charge is -2.14. The Hall–Kier alpha value is -2.51. The number of fused-ring (bicyclic) bond motifs is 1. The molecule has 0 aromatic heterocycles. The monoisotopic (exact) mass is 380 g/mol. The summed E-state index contributed by atoms with van der Waals surface area (Å²) in [6, 6.07) is 7.46. The number of hydrogen-bond acceptors (Lipinski definition) is 5. The van der Waals surface area contributed by atoms with Crippen molar-refractivity contribution in [3.63, 3.8) is 0 Å². The molecule has 2 aromatic rings.